The van der Waals surface area contributed by atoms with Gasteiger partial charge in [0.1, 0.15) is 12.2 Å². The lowest BCUT2D eigenvalue weighted by Gasteiger charge is -2.23. The largest absolute Gasteiger partial charge is 0.349 e. The Morgan fingerprint density at radius 1 is 1.26 bits per heavy atom. The van der Waals surface area contributed by atoms with Crippen molar-refractivity contribution >= 4 is 0 Å². The number of aromatic nitrogens is 2. The minimum absolute atomic E-state index is 0.185. The lowest BCUT2D eigenvalue weighted by Crippen LogP contribution is -2.37. The maximum atomic E-state index is 11.8. The summed E-state index contributed by atoms with van der Waals surface area (Å²) in [6, 6.07) is 1.28. The van der Waals surface area contributed by atoms with E-state index in [2.05, 4.69) is 4.98 Å². The molecule has 1 aromatic heterocycles. The molecule has 2 saturated heterocycles. The van der Waals surface area contributed by atoms with Crippen LogP contribution in [0.4, 0.5) is 0 Å². The van der Waals surface area contributed by atoms with Crippen LogP contribution in [0.3, 0.4) is 0 Å². The van der Waals surface area contributed by atoms with Gasteiger partial charge in [-0.3, -0.25) is 14.3 Å². The van der Waals surface area contributed by atoms with Crippen molar-refractivity contribution in [3.8, 4) is 0 Å². The molecule has 2 fully saturated rings. The van der Waals surface area contributed by atoms with Crippen LogP contribution in [-0.2, 0) is 14.2 Å². The summed E-state index contributed by atoms with van der Waals surface area (Å²) < 4.78 is 18.6. The monoisotopic (exact) mass is 268 g/mol. The Labute approximate surface area is 109 Å². The maximum Gasteiger partial charge on any atom is 0.330 e. The summed E-state index contributed by atoms with van der Waals surface area (Å²) in [5.74, 6) is -0.697. The summed E-state index contributed by atoms with van der Waals surface area (Å²) in [5.41, 5.74) is -0.952. The molecular formula is C12H16N2O5. The first-order valence-corrected chi connectivity index (χ1v) is 6.20. The van der Waals surface area contributed by atoms with Crippen molar-refractivity contribution in [2.24, 2.45) is 0 Å². The topological polar surface area (TPSA) is 82.6 Å². The van der Waals surface area contributed by atoms with Crippen LogP contribution < -0.4 is 11.2 Å². The van der Waals surface area contributed by atoms with Crippen LogP contribution in [0.1, 0.15) is 27.0 Å². The van der Waals surface area contributed by atoms with E-state index in [-0.39, 0.29) is 18.3 Å². The zero-order valence-electron chi connectivity index (χ0n) is 11.0. The third kappa shape index (κ3) is 2.03. The second kappa shape index (κ2) is 4.03. The van der Waals surface area contributed by atoms with Gasteiger partial charge in [0.15, 0.2) is 12.0 Å². The maximum absolute atomic E-state index is 11.8. The number of ether oxygens (including phenoxy) is 3. The smallest absolute Gasteiger partial charge is 0.330 e. The normalized spacial score (nSPS) is 36.4. The molecule has 0 amide bonds. The predicted molar refractivity (Wildman–Crippen MR) is 64.7 cm³/mol. The number of H-pyrrole nitrogens is 1. The summed E-state index contributed by atoms with van der Waals surface area (Å²) in [5, 5.41) is 0. The van der Waals surface area contributed by atoms with E-state index in [1.54, 1.807) is 0 Å². The summed E-state index contributed by atoms with van der Waals surface area (Å²) in [4.78, 5) is 25.1. The van der Waals surface area contributed by atoms with Gasteiger partial charge in [0.25, 0.3) is 5.56 Å². The standard InChI is InChI=1S/C12H16N2O5/c1-6-8-9(19-12(2,3)18-8)10(17-6)14-5-4-7(15)13-11(14)16/h4-6,8-10H,1-3H3,(H,13,15,16)/t6-,8?,9?,10-/m1/s1. The molecule has 7 heteroatoms. The second-order valence-corrected chi connectivity index (χ2v) is 5.31. The van der Waals surface area contributed by atoms with E-state index >= 15 is 0 Å². The fourth-order valence-corrected chi connectivity index (χ4v) is 2.63. The van der Waals surface area contributed by atoms with Crippen molar-refractivity contribution < 1.29 is 14.2 Å². The molecule has 2 unspecified atom stereocenters. The number of fused-ring (bicyclic) bond motifs is 1. The number of rotatable bonds is 1. The van der Waals surface area contributed by atoms with E-state index in [1.165, 1.54) is 16.8 Å². The Morgan fingerprint density at radius 3 is 2.63 bits per heavy atom. The van der Waals surface area contributed by atoms with Crippen molar-refractivity contribution in [2.45, 2.75) is 51.1 Å². The van der Waals surface area contributed by atoms with Crippen LogP contribution in [0.15, 0.2) is 21.9 Å². The lowest BCUT2D eigenvalue weighted by molar-refractivity contribution is -0.195. The molecule has 2 aliphatic heterocycles. The van der Waals surface area contributed by atoms with Crippen molar-refractivity contribution in [3.05, 3.63) is 33.1 Å². The van der Waals surface area contributed by atoms with E-state index in [0.717, 1.165) is 0 Å². The van der Waals surface area contributed by atoms with E-state index in [4.69, 9.17) is 14.2 Å². The summed E-state index contributed by atoms with van der Waals surface area (Å²) in [6.07, 6.45) is 0.0458. The molecule has 0 bridgehead atoms. The highest BCUT2D eigenvalue weighted by Gasteiger charge is 2.54. The molecule has 19 heavy (non-hydrogen) atoms. The third-order valence-electron chi connectivity index (χ3n) is 3.39. The van der Waals surface area contributed by atoms with E-state index < -0.39 is 23.3 Å². The van der Waals surface area contributed by atoms with Crippen LogP contribution in [0.2, 0.25) is 0 Å². The van der Waals surface area contributed by atoms with Gasteiger partial charge in [-0.2, -0.15) is 0 Å². The van der Waals surface area contributed by atoms with E-state index in [9.17, 15) is 9.59 Å². The van der Waals surface area contributed by atoms with E-state index in [1.807, 2.05) is 20.8 Å². The van der Waals surface area contributed by atoms with Gasteiger partial charge in [0.05, 0.1) is 6.10 Å². The Kier molecular flexibility index (Phi) is 2.67. The zero-order chi connectivity index (χ0) is 13.8. The highest BCUT2D eigenvalue weighted by atomic mass is 16.8. The highest BCUT2D eigenvalue weighted by Crippen LogP contribution is 2.42. The molecule has 0 saturated carbocycles. The first kappa shape index (κ1) is 12.6. The van der Waals surface area contributed by atoms with Crippen molar-refractivity contribution in [1.29, 1.82) is 0 Å². The first-order valence-electron chi connectivity index (χ1n) is 6.20. The van der Waals surface area contributed by atoms with Crippen LogP contribution in [0.5, 0.6) is 0 Å². The molecule has 3 heterocycles. The molecule has 0 spiro atoms. The van der Waals surface area contributed by atoms with Crippen LogP contribution in [0.25, 0.3) is 0 Å². The number of nitrogens with one attached hydrogen (secondary N) is 1. The molecule has 0 radical (unpaired) electrons. The predicted octanol–water partition coefficient (Wildman–Crippen LogP) is -0.0260. The number of aromatic amines is 1. The van der Waals surface area contributed by atoms with Gasteiger partial charge < -0.3 is 14.2 Å². The van der Waals surface area contributed by atoms with Crippen molar-refractivity contribution in [1.82, 2.24) is 9.55 Å². The Hall–Kier alpha value is -1.44. The third-order valence-corrected chi connectivity index (χ3v) is 3.39. The van der Waals surface area contributed by atoms with Gasteiger partial charge in [-0.25, -0.2) is 4.79 Å². The van der Waals surface area contributed by atoms with Crippen LogP contribution in [0, 0.1) is 0 Å². The summed E-state index contributed by atoms with van der Waals surface area (Å²) >= 11 is 0. The van der Waals surface area contributed by atoms with Crippen molar-refractivity contribution in [2.75, 3.05) is 0 Å². The fourth-order valence-electron chi connectivity index (χ4n) is 2.63. The Balaban J connectivity index is 1.98. The summed E-state index contributed by atoms with van der Waals surface area (Å²) in [6.45, 7) is 5.52. The van der Waals surface area contributed by atoms with Gasteiger partial charge in [-0.15, -0.1) is 0 Å². The van der Waals surface area contributed by atoms with Gasteiger partial charge in [-0.1, -0.05) is 0 Å². The molecular weight excluding hydrogens is 252 g/mol. The molecule has 4 atom stereocenters. The van der Waals surface area contributed by atoms with Gasteiger partial charge in [0.2, 0.25) is 0 Å². The van der Waals surface area contributed by atoms with Gasteiger partial charge >= 0.3 is 5.69 Å². The molecule has 1 aromatic rings. The molecule has 0 aromatic carbocycles. The van der Waals surface area contributed by atoms with Gasteiger partial charge in [0, 0.05) is 12.3 Å². The summed E-state index contributed by atoms with van der Waals surface area (Å²) in [7, 11) is 0. The van der Waals surface area contributed by atoms with E-state index in [0.29, 0.717) is 0 Å². The Bertz CT molecular complexity index is 605. The lowest BCUT2D eigenvalue weighted by atomic mass is 10.1. The number of hydrogen-bond acceptors (Lipinski definition) is 5. The molecule has 1 N–H and O–H groups in total. The van der Waals surface area contributed by atoms with Crippen molar-refractivity contribution in [3.63, 3.8) is 0 Å². The number of hydrogen-bond donors (Lipinski definition) is 1. The minimum Gasteiger partial charge on any atom is -0.349 e. The second-order valence-electron chi connectivity index (χ2n) is 5.31. The average Bonchev–Trinajstić information content (AvgIpc) is 2.75. The minimum atomic E-state index is -0.697. The number of nitrogens with zero attached hydrogens (tertiary/aromatic N) is 1. The molecule has 0 aliphatic carbocycles. The highest BCUT2D eigenvalue weighted by molar-refractivity contribution is 4.97. The SMILES string of the molecule is C[C@H]1O[C@@H](n2ccc(=O)[nH]c2=O)C2OC(C)(C)OC21. The molecule has 2 aliphatic rings. The van der Waals surface area contributed by atoms with Crippen LogP contribution in [-0.4, -0.2) is 33.7 Å². The van der Waals surface area contributed by atoms with Gasteiger partial charge in [-0.05, 0) is 20.8 Å². The molecule has 7 nitrogen and oxygen atoms in total. The fraction of sp³-hybridized carbons (Fsp3) is 0.667. The molecule has 3 rings (SSSR count). The Morgan fingerprint density at radius 2 is 1.95 bits per heavy atom. The van der Waals surface area contributed by atoms with Crippen LogP contribution >= 0.6 is 0 Å². The first-order chi connectivity index (χ1) is 8.87. The zero-order valence-corrected chi connectivity index (χ0v) is 11.0. The average molecular weight is 268 g/mol. The molecule has 104 valence electrons. The quantitative estimate of drug-likeness (QED) is 0.773.